The lowest BCUT2D eigenvalue weighted by molar-refractivity contribution is 0.480. The molecule has 3 N–H and O–H groups in total. The van der Waals surface area contributed by atoms with Gasteiger partial charge in [-0.25, -0.2) is 0 Å². The van der Waals surface area contributed by atoms with Gasteiger partial charge in [0.25, 0.3) is 15.7 Å². The highest BCUT2D eigenvalue weighted by Gasteiger charge is 2.16. The highest BCUT2D eigenvalue weighted by Crippen LogP contribution is 2.33. The molecule has 0 fully saturated rings. The first-order valence-electron chi connectivity index (χ1n) is 7.95. The Morgan fingerprint density at radius 3 is 2.64 bits per heavy atom. The fourth-order valence-electron chi connectivity index (χ4n) is 2.79. The summed E-state index contributed by atoms with van der Waals surface area (Å²) in [6.45, 7) is 0. The summed E-state index contributed by atoms with van der Waals surface area (Å²) < 4.78 is 31.8. The quantitative estimate of drug-likeness (QED) is 0.357. The van der Waals surface area contributed by atoms with Crippen LogP contribution < -0.4 is 5.56 Å². The summed E-state index contributed by atoms with van der Waals surface area (Å²) in [7, 11) is -4.48. The molecule has 140 valence electrons. The fourth-order valence-corrected chi connectivity index (χ4v) is 3.29. The van der Waals surface area contributed by atoms with Gasteiger partial charge in [0, 0.05) is 23.2 Å². The first-order valence-corrected chi connectivity index (χ1v) is 9.39. The van der Waals surface area contributed by atoms with Crippen LogP contribution in [0.1, 0.15) is 0 Å². The Balaban J connectivity index is 1.88. The zero-order chi connectivity index (χ0) is 19.9. The standard InChI is InChI=1S/C18H12N4O5S/c23-17-12-8-11(28(25,26)27)4-5-14(12)20-18(24)16(17)22-21-15-3-1-2-10-6-7-19-9-13(10)15/h1-9H,(H2,20,23,24)(H,25,26,27)/b22-21+. The Kier molecular flexibility index (Phi) is 4.13. The van der Waals surface area contributed by atoms with Gasteiger partial charge in [-0.15, -0.1) is 10.2 Å². The van der Waals surface area contributed by atoms with Gasteiger partial charge in [0.1, 0.15) is 0 Å². The lowest BCUT2D eigenvalue weighted by Crippen LogP contribution is -2.06. The number of nitrogens with zero attached hydrogens (tertiary/aromatic N) is 3. The smallest absolute Gasteiger partial charge is 0.294 e. The van der Waals surface area contributed by atoms with E-state index in [1.54, 1.807) is 30.6 Å². The molecule has 10 heteroatoms. The zero-order valence-electron chi connectivity index (χ0n) is 14.1. The van der Waals surface area contributed by atoms with E-state index < -0.39 is 26.3 Å². The monoisotopic (exact) mass is 396 g/mol. The number of aromatic hydroxyl groups is 1. The summed E-state index contributed by atoms with van der Waals surface area (Å²) in [5.41, 5.74) is -0.466. The third-order valence-electron chi connectivity index (χ3n) is 4.15. The molecular weight excluding hydrogens is 384 g/mol. The predicted octanol–water partition coefficient (Wildman–Crippen LogP) is 3.44. The molecule has 0 saturated carbocycles. The molecular formula is C18H12N4O5S. The number of aromatic nitrogens is 2. The average Bonchev–Trinajstić information content (AvgIpc) is 2.67. The van der Waals surface area contributed by atoms with E-state index >= 15 is 0 Å². The van der Waals surface area contributed by atoms with Crippen molar-refractivity contribution in [1.82, 2.24) is 9.97 Å². The molecule has 4 rings (SSSR count). The molecule has 0 amide bonds. The lowest BCUT2D eigenvalue weighted by Gasteiger charge is -2.05. The highest BCUT2D eigenvalue weighted by atomic mass is 32.2. The molecule has 0 aliphatic heterocycles. The number of aromatic amines is 1. The number of hydrogen-bond acceptors (Lipinski definition) is 7. The van der Waals surface area contributed by atoms with Crippen LogP contribution >= 0.6 is 0 Å². The van der Waals surface area contributed by atoms with Gasteiger partial charge < -0.3 is 10.1 Å². The molecule has 4 aromatic rings. The van der Waals surface area contributed by atoms with Crippen molar-refractivity contribution in [2.24, 2.45) is 10.2 Å². The van der Waals surface area contributed by atoms with Crippen molar-refractivity contribution in [3.05, 3.63) is 65.2 Å². The molecule has 0 atom stereocenters. The van der Waals surface area contributed by atoms with E-state index in [2.05, 4.69) is 20.2 Å². The largest absolute Gasteiger partial charge is 0.505 e. The van der Waals surface area contributed by atoms with Crippen LogP contribution in [-0.4, -0.2) is 28.0 Å². The van der Waals surface area contributed by atoms with Gasteiger partial charge in [0.15, 0.2) is 11.4 Å². The first kappa shape index (κ1) is 17.8. The number of azo groups is 1. The Labute approximate surface area is 157 Å². The molecule has 9 nitrogen and oxygen atoms in total. The van der Waals surface area contributed by atoms with Crippen LogP contribution in [0.25, 0.3) is 21.7 Å². The number of nitrogens with one attached hydrogen (secondary N) is 1. The molecule has 28 heavy (non-hydrogen) atoms. The van der Waals surface area contributed by atoms with Crippen molar-refractivity contribution in [1.29, 1.82) is 0 Å². The number of H-pyrrole nitrogens is 1. The predicted molar refractivity (Wildman–Crippen MR) is 102 cm³/mol. The number of pyridine rings is 2. The Hall–Kier alpha value is -3.63. The molecule has 2 heterocycles. The van der Waals surface area contributed by atoms with Crippen molar-refractivity contribution >= 4 is 43.2 Å². The summed E-state index contributed by atoms with van der Waals surface area (Å²) in [6, 6.07) is 10.5. The van der Waals surface area contributed by atoms with Crippen molar-refractivity contribution in [3.63, 3.8) is 0 Å². The highest BCUT2D eigenvalue weighted by molar-refractivity contribution is 7.85. The van der Waals surface area contributed by atoms with E-state index in [0.29, 0.717) is 11.1 Å². The van der Waals surface area contributed by atoms with Crippen LogP contribution in [0, 0.1) is 0 Å². The zero-order valence-corrected chi connectivity index (χ0v) is 14.9. The molecule has 2 aromatic carbocycles. The van der Waals surface area contributed by atoms with Crippen LogP contribution in [0.15, 0.2) is 74.8 Å². The summed E-state index contributed by atoms with van der Waals surface area (Å²) in [6.07, 6.45) is 3.24. The molecule has 2 aromatic heterocycles. The van der Waals surface area contributed by atoms with Crippen molar-refractivity contribution in [3.8, 4) is 5.75 Å². The van der Waals surface area contributed by atoms with Crippen molar-refractivity contribution in [2.45, 2.75) is 4.90 Å². The van der Waals surface area contributed by atoms with Crippen LogP contribution in [0.4, 0.5) is 11.4 Å². The van der Waals surface area contributed by atoms with Crippen LogP contribution in [-0.2, 0) is 10.1 Å². The van der Waals surface area contributed by atoms with Gasteiger partial charge in [0.2, 0.25) is 0 Å². The van der Waals surface area contributed by atoms with E-state index in [1.165, 1.54) is 6.07 Å². The van der Waals surface area contributed by atoms with Crippen LogP contribution in [0.3, 0.4) is 0 Å². The first-order chi connectivity index (χ1) is 13.3. The minimum Gasteiger partial charge on any atom is -0.505 e. The topological polar surface area (TPSA) is 145 Å². The maximum Gasteiger partial charge on any atom is 0.294 e. The van der Waals surface area contributed by atoms with Gasteiger partial charge in [0.05, 0.1) is 16.1 Å². The summed E-state index contributed by atoms with van der Waals surface area (Å²) in [4.78, 5) is 18.4. The second-order valence-electron chi connectivity index (χ2n) is 5.91. The summed E-state index contributed by atoms with van der Waals surface area (Å²) in [5.74, 6) is -0.550. The maximum absolute atomic E-state index is 12.3. The molecule has 0 bridgehead atoms. The Morgan fingerprint density at radius 1 is 1.04 bits per heavy atom. The molecule has 0 aliphatic carbocycles. The Morgan fingerprint density at radius 2 is 1.86 bits per heavy atom. The van der Waals surface area contributed by atoms with Crippen LogP contribution in [0.5, 0.6) is 5.75 Å². The van der Waals surface area contributed by atoms with Gasteiger partial charge in [-0.1, -0.05) is 12.1 Å². The third kappa shape index (κ3) is 3.10. The van der Waals surface area contributed by atoms with E-state index in [4.69, 9.17) is 0 Å². The maximum atomic E-state index is 12.3. The van der Waals surface area contributed by atoms with Gasteiger partial charge in [-0.3, -0.25) is 14.3 Å². The van der Waals surface area contributed by atoms with Crippen molar-refractivity contribution in [2.75, 3.05) is 0 Å². The number of fused-ring (bicyclic) bond motifs is 2. The van der Waals surface area contributed by atoms with Crippen LogP contribution in [0.2, 0.25) is 0 Å². The van der Waals surface area contributed by atoms with E-state index in [9.17, 15) is 22.9 Å². The second-order valence-corrected chi connectivity index (χ2v) is 7.33. The molecule has 0 saturated heterocycles. The normalized spacial score (nSPS) is 12.2. The Bertz CT molecular complexity index is 1420. The van der Waals surface area contributed by atoms with Crippen molar-refractivity contribution < 1.29 is 18.1 Å². The number of hydrogen-bond donors (Lipinski definition) is 3. The molecule has 0 spiro atoms. The summed E-state index contributed by atoms with van der Waals surface area (Å²) >= 11 is 0. The van der Waals surface area contributed by atoms with Gasteiger partial charge in [-0.05, 0) is 35.7 Å². The van der Waals surface area contributed by atoms with E-state index in [0.717, 1.165) is 17.5 Å². The third-order valence-corrected chi connectivity index (χ3v) is 5.00. The average molecular weight is 396 g/mol. The SMILES string of the molecule is O=c1[nH]c2ccc(S(=O)(=O)O)cc2c(O)c1/N=N/c1cccc2ccncc12. The second kappa shape index (κ2) is 6.51. The van der Waals surface area contributed by atoms with Gasteiger partial charge in [-0.2, -0.15) is 8.42 Å². The minimum absolute atomic E-state index is 0.00302. The fraction of sp³-hybridized carbons (Fsp3) is 0. The molecule has 0 unspecified atom stereocenters. The van der Waals surface area contributed by atoms with Gasteiger partial charge >= 0.3 is 0 Å². The van der Waals surface area contributed by atoms with E-state index in [1.807, 2.05) is 6.07 Å². The number of rotatable bonds is 3. The molecule has 0 radical (unpaired) electrons. The number of benzene rings is 2. The lowest BCUT2D eigenvalue weighted by atomic mass is 10.1. The minimum atomic E-state index is -4.48. The summed E-state index contributed by atoms with van der Waals surface area (Å²) in [5, 5.41) is 19.9. The van der Waals surface area contributed by atoms with E-state index in [-0.39, 0.29) is 16.6 Å². The molecule has 0 aliphatic rings.